The SMILES string of the molecule is CNc1cc(NCCCCOC(C)C)ncn1. The fourth-order valence-corrected chi connectivity index (χ4v) is 1.35. The minimum absolute atomic E-state index is 0.322. The van der Waals surface area contributed by atoms with Crippen LogP contribution in [0.25, 0.3) is 0 Å². The number of aromatic nitrogens is 2. The molecule has 1 heterocycles. The molecule has 1 rings (SSSR count). The van der Waals surface area contributed by atoms with Crippen molar-refractivity contribution in [1.29, 1.82) is 0 Å². The highest BCUT2D eigenvalue weighted by Gasteiger charge is 1.97. The molecular formula is C12H22N4O. The molecule has 0 aliphatic carbocycles. The summed E-state index contributed by atoms with van der Waals surface area (Å²) in [5.74, 6) is 1.68. The van der Waals surface area contributed by atoms with Crippen LogP contribution >= 0.6 is 0 Å². The van der Waals surface area contributed by atoms with Gasteiger partial charge < -0.3 is 15.4 Å². The molecule has 0 aliphatic rings. The van der Waals surface area contributed by atoms with Crippen LogP contribution < -0.4 is 10.6 Å². The van der Waals surface area contributed by atoms with E-state index in [4.69, 9.17) is 4.74 Å². The molecule has 0 unspecified atom stereocenters. The van der Waals surface area contributed by atoms with Gasteiger partial charge in [-0.1, -0.05) is 0 Å². The van der Waals surface area contributed by atoms with Crippen molar-refractivity contribution in [3.8, 4) is 0 Å². The zero-order chi connectivity index (χ0) is 12.5. The predicted molar refractivity (Wildman–Crippen MR) is 70.4 cm³/mol. The number of nitrogens with zero attached hydrogens (tertiary/aromatic N) is 2. The molecule has 0 radical (unpaired) electrons. The molecule has 5 heteroatoms. The Bertz CT molecular complexity index is 317. The van der Waals surface area contributed by atoms with Crippen molar-refractivity contribution in [2.75, 3.05) is 30.8 Å². The van der Waals surface area contributed by atoms with Gasteiger partial charge in [0.25, 0.3) is 0 Å². The molecule has 2 N–H and O–H groups in total. The van der Waals surface area contributed by atoms with Crippen molar-refractivity contribution in [1.82, 2.24) is 9.97 Å². The normalized spacial score (nSPS) is 10.6. The molecule has 0 fully saturated rings. The van der Waals surface area contributed by atoms with Crippen molar-refractivity contribution >= 4 is 11.6 Å². The number of ether oxygens (including phenoxy) is 1. The maximum Gasteiger partial charge on any atom is 0.131 e. The first-order valence-corrected chi connectivity index (χ1v) is 6.07. The number of hydrogen-bond acceptors (Lipinski definition) is 5. The molecule has 0 amide bonds. The van der Waals surface area contributed by atoms with Gasteiger partial charge in [-0.25, -0.2) is 9.97 Å². The van der Waals surface area contributed by atoms with E-state index in [1.165, 1.54) is 0 Å². The Morgan fingerprint density at radius 3 is 2.71 bits per heavy atom. The number of anilines is 2. The lowest BCUT2D eigenvalue weighted by molar-refractivity contribution is 0.0765. The van der Waals surface area contributed by atoms with Gasteiger partial charge in [0, 0.05) is 26.3 Å². The van der Waals surface area contributed by atoms with Gasteiger partial charge in [-0.05, 0) is 26.7 Å². The summed E-state index contributed by atoms with van der Waals surface area (Å²) in [5, 5.41) is 6.24. The molecular weight excluding hydrogens is 216 g/mol. The lowest BCUT2D eigenvalue weighted by Crippen LogP contribution is -2.08. The Hall–Kier alpha value is -1.36. The van der Waals surface area contributed by atoms with Crippen LogP contribution in [0.1, 0.15) is 26.7 Å². The largest absolute Gasteiger partial charge is 0.379 e. The van der Waals surface area contributed by atoms with Crippen LogP contribution in [-0.2, 0) is 4.74 Å². The van der Waals surface area contributed by atoms with Crippen molar-refractivity contribution in [3.05, 3.63) is 12.4 Å². The summed E-state index contributed by atoms with van der Waals surface area (Å²) in [4.78, 5) is 8.19. The fraction of sp³-hybridized carbons (Fsp3) is 0.667. The van der Waals surface area contributed by atoms with Crippen molar-refractivity contribution < 1.29 is 4.74 Å². The van der Waals surface area contributed by atoms with E-state index in [-0.39, 0.29) is 0 Å². The topological polar surface area (TPSA) is 59.1 Å². The molecule has 0 aromatic carbocycles. The maximum atomic E-state index is 5.47. The Morgan fingerprint density at radius 1 is 1.24 bits per heavy atom. The third kappa shape index (κ3) is 6.06. The molecule has 1 aromatic rings. The minimum Gasteiger partial charge on any atom is -0.379 e. The molecule has 96 valence electrons. The molecule has 0 saturated heterocycles. The van der Waals surface area contributed by atoms with E-state index in [0.29, 0.717) is 6.10 Å². The van der Waals surface area contributed by atoms with Crippen molar-refractivity contribution in [2.24, 2.45) is 0 Å². The average Bonchev–Trinajstić information content (AvgIpc) is 2.33. The maximum absolute atomic E-state index is 5.47. The van der Waals surface area contributed by atoms with Crippen molar-refractivity contribution in [2.45, 2.75) is 32.8 Å². The lowest BCUT2D eigenvalue weighted by atomic mass is 10.3. The molecule has 17 heavy (non-hydrogen) atoms. The molecule has 0 saturated carbocycles. The molecule has 0 bridgehead atoms. The Kier molecular flexibility index (Phi) is 6.32. The first kappa shape index (κ1) is 13.7. The summed E-state index contributed by atoms with van der Waals surface area (Å²) in [6.07, 6.45) is 4.01. The Morgan fingerprint density at radius 2 is 2.00 bits per heavy atom. The standard InChI is InChI=1S/C12H22N4O/c1-10(2)17-7-5-4-6-14-12-8-11(13-3)15-9-16-12/h8-10H,4-7H2,1-3H3,(H2,13,14,15,16). The van der Waals surface area contributed by atoms with Gasteiger partial charge in [-0.2, -0.15) is 0 Å². The molecule has 0 atom stereocenters. The van der Waals surface area contributed by atoms with Crippen LogP contribution in [0.3, 0.4) is 0 Å². The van der Waals surface area contributed by atoms with E-state index in [9.17, 15) is 0 Å². The minimum atomic E-state index is 0.322. The van der Waals surface area contributed by atoms with Crippen LogP contribution in [0.2, 0.25) is 0 Å². The summed E-state index contributed by atoms with van der Waals surface area (Å²) in [6.45, 7) is 5.84. The van der Waals surface area contributed by atoms with Crippen molar-refractivity contribution in [3.63, 3.8) is 0 Å². The quantitative estimate of drug-likeness (QED) is 0.679. The first-order chi connectivity index (χ1) is 8.22. The zero-order valence-electron chi connectivity index (χ0n) is 10.9. The monoisotopic (exact) mass is 238 g/mol. The summed E-state index contributed by atoms with van der Waals surface area (Å²) in [5.41, 5.74) is 0. The van der Waals surface area contributed by atoms with Gasteiger partial charge in [0.1, 0.15) is 18.0 Å². The summed E-state index contributed by atoms with van der Waals surface area (Å²) >= 11 is 0. The number of nitrogens with one attached hydrogen (secondary N) is 2. The average molecular weight is 238 g/mol. The van der Waals surface area contributed by atoms with Crippen LogP contribution in [0.15, 0.2) is 12.4 Å². The van der Waals surface area contributed by atoms with Gasteiger partial charge in [-0.3, -0.25) is 0 Å². The lowest BCUT2D eigenvalue weighted by Gasteiger charge is -2.08. The number of hydrogen-bond donors (Lipinski definition) is 2. The predicted octanol–water partition coefficient (Wildman–Crippen LogP) is 2.14. The number of rotatable bonds is 8. The third-order valence-electron chi connectivity index (χ3n) is 2.25. The summed E-state index contributed by atoms with van der Waals surface area (Å²) < 4.78 is 5.47. The van der Waals surface area contributed by atoms with Crippen LogP contribution in [0.5, 0.6) is 0 Å². The Balaban J connectivity index is 2.13. The van der Waals surface area contributed by atoms with Gasteiger partial charge in [0.15, 0.2) is 0 Å². The smallest absolute Gasteiger partial charge is 0.131 e. The van der Waals surface area contributed by atoms with E-state index >= 15 is 0 Å². The van der Waals surface area contributed by atoms with E-state index in [2.05, 4.69) is 34.4 Å². The van der Waals surface area contributed by atoms with Gasteiger partial charge >= 0.3 is 0 Å². The molecule has 0 aliphatic heterocycles. The van der Waals surface area contributed by atoms with E-state index in [1.54, 1.807) is 6.33 Å². The summed E-state index contributed by atoms with van der Waals surface area (Å²) in [7, 11) is 1.84. The molecule has 5 nitrogen and oxygen atoms in total. The van der Waals surface area contributed by atoms with Gasteiger partial charge in [0.2, 0.25) is 0 Å². The highest BCUT2D eigenvalue weighted by Crippen LogP contribution is 2.07. The summed E-state index contributed by atoms with van der Waals surface area (Å²) in [6, 6.07) is 1.89. The Labute approximate surface area is 103 Å². The molecule has 1 aromatic heterocycles. The van der Waals surface area contributed by atoms with E-state index in [0.717, 1.165) is 37.6 Å². The van der Waals surface area contributed by atoms with Crippen LogP contribution in [-0.4, -0.2) is 36.3 Å². The highest BCUT2D eigenvalue weighted by molar-refractivity contribution is 5.45. The highest BCUT2D eigenvalue weighted by atomic mass is 16.5. The van der Waals surface area contributed by atoms with Crippen LogP contribution in [0, 0.1) is 0 Å². The zero-order valence-corrected chi connectivity index (χ0v) is 10.9. The number of unbranched alkanes of at least 4 members (excludes halogenated alkanes) is 1. The first-order valence-electron chi connectivity index (χ1n) is 6.07. The van der Waals surface area contributed by atoms with Crippen LogP contribution in [0.4, 0.5) is 11.6 Å². The fourth-order valence-electron chi connectivity index (χ4n) is 1.35. The second-order valence-corrected chi connectivity index (χ2v) is 4.09. The van der Waals surface area contributed by atoms with Gasteiger partial charge in [0.05, 0.1) is 6.10 Å². The second kappa shape index (κ2) is 7.84. The van der Waals surface area contributed by atoms with Gasteiger partial charge in [-0.15, -0.1) is 0 Å². The second-order valence-electron chi connectivity index (χ2n) is 4.09. The van der Waals surface area contributed by atoms with E-state index in [1.807, 2.05) is 13.1 Å². The third-order valence-corrected chi connectivity index (χ3v) is 2.25. The van der Waals surface area contributed by atoms with E-state index < -0.39 is 0 Å². The molecule has 0 spiro atoms.